The lowest BCUT2D eigenvalue weighted by molar-refractivity contribution is -0.142. The molecule has 0 bridgehead atoms. The van der Waals surface area contributed by atoms with Gasteiger partial charge in [-0.3, -0.25) is 4.79 Å². The predicted octanol–water partition coefficient (Wildman–Crippen LogP) is 3.96. The maximum atomic E-state index is 12.2. The van der Waals surface area contributed by atoms with Crippen LogP contribution >= 0.6 is 0 Å². The first-order valence-corrected chi connectivity index (χ1v) is 10.9. The second-order valence-electron chi connectivity index (χ2n) is 6.59. The molecule has 0 radical (unpaired) electrons. The molecular weight excluding hydrogens is 374 g/mol. The minimum absolute atomic E-state index is 0.123. The topological polar surface area (TPSA) is 65.4 Å². The molecule has 0 atom stereocenters. The summed E-state index contributed by atoms with van der Waals surface area (Å²) in [5, 5.41) is 0. The first-order chi connectivity index (χ1) is 13.3. The molecule has 0 aliphatic heterocycles. The van der Waals surface area contributed by atoms with Crippen LogP contribution in [0.15, 0.2) is 65.7 Å². The van der Waals surface area contributed by atoms with Gasteiger partial charge in [-0.25, -0.2) is 8.42 Å². The Morgan fingerprint density at radius 3 is 2.43 bits per heavy atom. The summed E-state index contributed by atoms with van der Waals surface area (Å²) in [7, 11) is -3.33. The fraction of sp³-hybridized carbons (Fsp3) is 0.227. The Hall–Kier alpha value is -2.86. The van der Waals surface area contributed by atoms with Crippen molar-refractivity contribution in [3.63, 3.8) is 0 Å². The van der Waals surface area contributed by atoms with Crippen molar-refractivity contribution in [1.29, 1.82) is 0 Å². The lowest BCUT2D eigenvalue weighted by Crippen LogP contribution is -2.09. The number of benzene rings is 2. The van der Waals surface area contributed by atoms with E-state index < -0.39 is 9.84 Å². The van der Waals surface area contributed by atoms with Gasteiger partial charge in [0.1, 0.15) is 0 Å². The van der Waals surface area contributed by atoms with Gasteiger partial charge in [-0.05, 0) is 49.2 Å². The average molecular weight is 397 g/mol. The van der Waals surface area contributed by atoms with Crippen LogP contribution in [-0.2, 0) is 25.8 Å². The number of para-hydroxylation sites is 1. The smallest absolute Gasteiger partial charge is 0.310 e. The van der Waals surface area contributed by atoms with E-state index in [1.165, 1.54) is 6.26 Å². The van der Waals surface area contributed by atoms with Gasteiger partial charge in [0.05, 0.1) is 17.9 Å². The number of ether oxygens (including phenoxy) is 1. The summed E-state index contributed by atoms with van der Waals surface area (Å²) >= 11 is 0. The summed E-state index contributed by atoms with van der Waals surface area (Å²) in [6, 6.07) is 16.6. The molecule has 1 heterocycles. The summed E-state index contributed by atoms with van der Waals surface area (Å²) in [6.45, 7) is 4.04. The fourth-order valence-corrected chi connectivity index (χ4v) is 3.89. The Morgan fingerprint density at radius 2 is 1.79 bits per heavy atom. The maximum absolute atomic E-state index is 12.2. The zero-order valence-corrected chi connectivity index (χ0v) is 17.0. The number of esters is 1. The van der Waals surface area contributed by atoms with Gasteiger partial charge in [0, 0.05) is 29.4 Å². The highest BCUT2D eigenvalue weighted by Crippen LogP contribution is 2.32. The molecule has 0 saturated carbocycles. The molecule has 0 aliphatic rings. The molecule has 3 rings (SSSR count). The van der Waals surface area contributed by atoms with Crippen LogP contribution in [0.25, 0.3) is 16.8 Å². The number of hydrogen-bond acceptors (Lipinski definition) is 4. The van der Waals surface area contributed by atoms with E-state index in [0.717, 1.165) is 28.1 Å². The highest BCUT2D eigenvalue weighted by molar-refractivity contribution is 7.90. The van der Waals surface area contributed by atoms with Crippen molar-refractivity contribution in [2.45, 2.75) is 25.2 Å². The van der Waals surface area contributed by atoms with Crippen molar-refractivity contribution in [3.05, 3.63) is 72.1 Å². The van der Waals surface area contributed by atoms with Gasteiger partial charge in [0.25, 0.3) is 0 Å². The van der Waals surface area contributed by atoms with E-state index in [1.54, 1.807) is 25.1 Å². The second-order valence-corrected chi connectivity index (χ2v) is 8.61. The Balaban J connectivity index is 2.18. The fourth-order valence-electron chi connectivity index (χ4n) is 3.22. The Morgan fingerprint density at radius 1 is 1.07 bits per heavy atom. The molecule has 0 fully saturated rings. The molecule has 0 unspecified atom stereocenters. The first-order valence-electron chi connectivity index (χ1n) is 9.03. The molecule has 1 aromatic heterocycles. The van der Waals surface area contributed by atoms with Crippen LogP contribution in [0.3, 0.4) is 0 Å². The van der Waals surface area contributed by atoms with Crippen LogP contribution in [0, 0.1) is 6.92 Å². The quantitative estimate of drug-likeness (QED) is 0.591. The van der Waals surface area contributed by atoms with Crippen LogP contribution in [0.5, 0.6) is 0 Å². The van der Waals surface area contributed by atoms with Crippen molar-refractivity contribution in [3.8, 4) is 16.8 Å². The first kappa shape index (κ1) is 19.9. The van der Waals surface area contributed by atoms with Gasteiger partial charge in [0.2, 0.25) is 0 Å². The number of hydrogen-bond donors (Lipinski definition) is 0. The van der Waals surface area contributed by atoms with E-state index in [4.69, 9.17) is 4.74 Å². The number of sulfone groups is 1. The zero-order valence-electron chi connectivity index (χ0n) is 16.2. The lowest BCUT2D eigenvalue weighted by atomic mass is 10.0. The monoisotopic (exact) mass is 397 g/mol. The lowest BCUT2D eigenvalue weighted by Gasteiger charge is -2.08. The van der Waals surface area contributed by atoms with E-state index >= 15 is 0 Å². The van der Waals surface area contributed by atoms with E-state index in [-0.39, 0.29) is 17.3 Å². The molecule has 0 N–H and O–H groups in total. The molecule has 0 saturated heterocycles. The van der Waals surface area contributed by atoms with Gasteiger partial charge >= 0.3 is 5.97 Å². The summed E-state index contributed by atoms with van der Waals surface area (Å²) in [6.07, 6.45) is 3.25. The van der Waals surface area contributed by atoms with Crippen molar-refractivity contribution in [2.75, 3.05) is 12.9 Å². The Labute approximate surface area is 165 Å². The molecule has 0 aliphatic carbocycles. The van der Waals surface area contributed by atoms with Crippen LogP contribution in [0.4, 0.5) is 0 Å². The average Bonchev–Trinajstić information content (AvgIpc) is 2.99. The van der Waals surface area contributed by atoms with Gasteiger partial charge in [-0.1, -0.05) is 30.3 Å². The standard InChI is InChI=1S/C22H23NO4S/c1-4-27-22(24)14-20-16(2)23(18-10-6-5-7-11-18)15-21(20)17-9-8-12-19(13-17)28(3,25)26/h5-13,15H,4,14H2,1-3H3. The molecule has 6 heteroatoms. The van der Waals surface area contributed by atoms with Crippen LogP contribution in [0.1, 0.15) is 18.2 Å². The van der Waals surface area contributed by atoms with E-state index in [2.05, 4.69) is 0 Å². The highest BCUT2D eigenvalue weighted by atomic mass is 32.2. The largest absolute Gasteiger partial charge is 0.466 e. The number of rotatable bonds is 6. The number of nitrogens with zero attached hydrogens (tertiary/aromatic N) is 1. The number of carbonyl (C=O) groups excluding carboxylic acids is 1. The third-order valence-electron chi connectivity index (χ3n) is 4.62. The Bertz CT molecular complexity index is 1100. The Kier molecular flexibility index (Phi) is 5.70. The summed E-state index contributed by atoms with van der Waals surface area (Å²) in [5.41, 5.74) is 4.28. The second kappa shape index (κ2) is 8.02. The van der Waals surface area contributed by atoms with Gasteiger partial charge < -0.3 is 9.30 Å². The van der Waals surface area contributed by atoms with Crippen LogP contribution < -0.4 is 0 Å². The molecule has 28 heavy (non-hydrogen) atoms. The van der Waals surface area contributed by atoms with Crippen LogP contribution in [-0.4, -0.2) is 31.8 Å². The predicted molar refractivity (Wildman–Crippen MR) is 109 cm³/mol. The third kappa shape index (κ3) is 4.17. The van der Waals surface area contributed by atoms with E-state index in [0.29, 0.717) is 6.61 Å². The molecule has 5 nitrogen and oxygen atoms in total. The third-order valence-corrected chi connectivity index (χ3v) is 5.73. The van der Waals surface area contributed by atoms with Crippen molar-refractivity contribution >= 4 is 15.8 Å². The molecular formula is C22H23NO4S. The SMILES string of the molecule is CCOC(=O)Cc1c(-c2cccc(S(C)(=O)=O)c2)cn(-c2ccccc2)c1C. The van der Waals surface area contributed by atoms with Gasteiger partial charge in [0.15, 0.2) is 9.84 Å². The normalized spacial score (nSPS) is 11.4. The minimum Gasteiger partial charge on any atom is -0.466 e. The van der Waals surface area contributed by atoms with Crippen molar-refractivity contribution < 1.29 is 17.9 Å². The van der Waals surface area contributed by atoms with E-state index in [1.807, 2.05) is 54.1 Å². The van der Waals surface area contributed by atoms with Gasteiger partial charge in [-0.15, -0.1) is 0 Å². The van der Waals surface area contributed by atoms with Crippen LogP contribution in [0.2, 0.25) is 0 Å². The number of carbonyl (C=O) groups is 1. The number of aromatic nitrogens is 1. The molecule has 2 aromatic carbocycles. The van der Waals surface area contributed by atoms with Gasteiger partial charge in [-0.2, -0.15) is 0 Å². The van der Waals surface area contributed by atoms with Crippen molar-refractivity contribution in [1.82, 2.24) is 4.57 Å². The van der Waals surface area contributed by atoms with Crippen molar-refractivity contribution in [2.24, 2.45) is 0 Å². The summed E-state index contributed by atoms with van der Waals surface area (Å²) < 4.78 is 31.1. The zero-order chi connectivity index (χ0) is 20.3. The summed E-state index contributed by atoms with van der Waals surface area (Å²) in [5.74, 6) is -0.308. The molecule has 0 spiro atoms. The minimum atomic E-state index is -3.33. The molecule has 3 aromatic rings. The highest BCUT2D eigenvalue weighted by Gasteiger charge is 2.19. The van der Waals surface area contributed by atoms with E-state index in [9.17, 15) is 13.2 Å². The molecule has 0 amide bonds. The molecule has 146 valence electrons. The summed E-state index contributed by atoms with van der Waals surface area (Å²) in [4.78, 5) is 12.4. The maximum Gasteiger partial charge on any atom is 0.310 e.